The minimum Gasteiger partial charge on any atom is -0.490 e. The van der Waals surface area contributed by atoms with E-state index in [1.807, 2.05) is 26.0 Å². The molecule has 3 N–H and O–H groups in total. The number of fused-ring (bicyclic) bond motifs is 1. The second-order valence-electron chi connectivity index (χ2n) is 6.93. The minimum atomic E-state index is -0.563. The van der Waals surface area contributed by atoms with Gasteiger partial charge in [0, 0.05) is 6.42 Å². The Hall–Kier alpha value is -2.83. The third-order valence-corrected chi connectivity index (χ3v) is 4.06. The number of carbonyl (C=O) groups excluding carboxylic acids is 2. The highest BCUT2D eigenvalue weighted by Gasteiger charge is 2.23. The molecule has 2 rings (SSSR count). The summed E-state index contributed by atoms with van der Waals surface area (Å²) in [6.45, 7) is 9.49. The van der Waals surface area contributed by atoms with E-state index in [2.05, 4.69) is 10.3 Å². The lowest BCUT2D eigenvalue weighted by atomic mass is 10.0. The van der Waals surface area contributed by atoms with E-state index in [-0.39, 0.29) is 30.4 Å². The van der Waals surface area contributed by atoms with Crippen molar-refractivity contribution in [3.63, 3.8) is 0 Å². The van der Waals surface area contributed by atoms with Gasteiger partial charge in [0.25, 0.3) is 0 Å². The van der Waals surface area contributed by atoms with Crippen molar-refractivity contribution in [2.24, 2.45) is 0 Å². The summed E-state index contributed by atoms with van der Waals surface area (Å²) in [7, 11) is 0. The Kier molecular flexibility index (Phi) is 6.25. The zero-order chi connectivity index (χ0) is 20.2. The van der Waals surface area contributed by atoms with Crippen molar-refractivity contribution in [2.75, 3.05) is 18.9 Å². The number of anilines is 1. The first-order valence-electron chi connectivity index (χ1n) is 9.00. The molecule has 27 heavy (non-hydrogen) atoms. The second kappa shape index (κ2) is 8.24. The van der Waals surface area contributed by atoms with Crippen LogP contribution in [0.5, 0.6) is 5.75 Å². The fraction of sp³-hybridized carbons (Fsp3) is 0.450. The number of aromatic nitrogens is 1. The van der Waals surface area contributed by atoms with Crippen LogP contribution >= 0.6 is 0 Å². The summed E-state index contributed by atoms with van der Waals surface area (Å²) >= 11 is 0. The SMILES string of the molecule is CCOC(=O)c1c(C)nc2cccc(OCC(C)(C)NC(=O)CC)c2c1N. The Bertz CT molecular complexity index is 862. The number of ether oxygens (including phenoxy) is 2. The van der Waals surface area contributed by atoms with Gasteiger partial charge in [-0.1, -0.05) is 13.0 Å². The topological polar surface area (TPSA) is 104 Å². The molecular weight excluding hydrogens is 346 g/mol. The molecule has 1 aromatic heterocycles. The molecule has 0 radical (unpaired) electrons. The zero-order valence-electron chi connectivity index (χ0n) is 16.5. The van der Waals surface area contributed by atoms with Gasteiger partial charge in [-0.05, 0) is 39.8 Å². The number of carbonyl (C=O) groups is 2. The van der Waals surface area contributed by atoms with Gasteiger partial charge in [0.2, 0.25) is 5.91 Å². The quantitative estimate of drug-likeness (QED) is 0.723. The molecule has 0 aliphatic carbocycles. The lowest BCUT2D eigenvalue weighted by Gasteiger charge is -2.26. The largest absolute Gasteiger partial charge is 0.490 e. The Morgan fingerprint density at radius 2 is 1.96 bits per heavy atom. The Morgan fingerprint density at radius 3 is 2.59 bits per heavy atom. The Labute approximate surface area is 159 Å². The maximum Gasteiger partial charge on any atom is 0.342 e. The fourth-order valence-corrected chi connectivity index (χ4v) is 2.78. The van der Waals surface area contributed by atoms with Crippen LogP contribution in [0.3, 0.4) is 0 Å². The molecular formula is C20H27N3O4. The monoisotopic (exact) mass is 373 g/mol. The summed E-state index contributed by atoms with van der Waals surface area (Å²) in [6, 6.07) is 5.39. The van der Waals surface area contributed by atoms with Gasteiger partial charge in [0.1, 0.15) is 17.9 Å². The molecule has 2 aromatic rings. The highest BCUT2D eigenvalue weighted by Crippen LogP contribution is 2.34. The van der Waals surface area contributed by atoms with Crippen molar-refractivity contribution in [3.8, 4) is 5.75 Å². The van der Waals surface area contributed by atoms with Crippen molar-refractivity contribution in [1.82, 2.24) is 10.3 Å². The standard InChI is InChI=1S/C20H27N3O4/c1-6-15(24)23-20(4,5)11-27-14-10-8-9-13-17(14)18(21)16(12(3)22-13)19(25)26-7-2/h8-10H,6-7,11H2,1-5H3,(H2,21,22)(H,23,24). The first-order valence-corrected chi connectivity index (χ1v) is 9.00. The number of nitrogens with zero attached hydrogens (tertiary/aromatic N) is 1. The van der Waals surface area contributed by atoms with Crippen LogP contribution in [0.15, 0.2) is 18.2 Å². The molecule has 0 saturated carbocycles. The first-order chi connectivity index (χ1) is 12.7. The number of hydrogen-bond donors (Lipinski definition) is 2. The lowest BCUT2D eigenvalue weighted by Crippen LogP contribution is -2.47. The summed E-state index contributed by atoms with van der Waals surface area (Å²) in [5, 5.41) is 3.47. The zero-order valence-corrected chi connectivity index (χ0v) is 16.5. The van der Waals surface area contributed by atoms with Crippen LogP contribution in [0.1, 0.15) is 50.2 Å². The number of hydrogen-bond acceptors (Lipinski definition) is 6. The molecule has 7 heteroatoms. The number of amides is 1. The predicted octanol–water partition coefficient (Wildman–Crippen LogP) is 2.99. The number of esters is 1. The number of nitrogens with two attached hydrogens (primary N) is 1. The average Bonchev–Trinajstić information content (AvgIpc) is 2.59. The van der Waals surface area contributed by atoms with E-state index < -0.39 is 11.5 Å². The van der Waals surface area contributed by atoms with Gasteiger partial charge in [0.15, 0.2) is 0 Å². The van der Waals surface area contributed by atoms with E-state index in [1.165, 1.54) is 0 Å². The van der Waals surface area contributed by atoms with Gasteiger partial charge < -0.3 is 20.5 Å². The molecule has 0 fully saturated rings. The smallest absolute Gasteiger partial charge is 0.342 e. The van der Waals surface area contributed by atoms with E-state index in [9.17, 15) is 9.59 Å². The molecule has 0 aliphatic heterocycles. The summed E-state index contributed by atoms with van der Waals surface area (Å²) in [4.78, 5) is 28.4. The van der Waals surface area contributed by atoms with Gasteiger partial charge in [-0.2, -0.15) is 0 Å². The van der Waals surface area contributed by atoms with Gasteiger partial charge >= 0.3 is 5.97 Å². The average molecular weight is 373 g/mol. The fourth-order valence-electron chi connectivity index (χ4n) is 2.78. The number of nitrogens with one attached hydrogen (secondary N) is 1. The number of pyridine rings is 1. The predicted molar refractivity (Wildman–Crippen MR) is 105 cm³/mol. The molecule has 0 spiro atoms. The third-order valence-electron chi connectivity index (χ3n) is 4.06. The van der Waals surface area contributed by atoms with E-state index in [1.54, 1.807) is 26.8 Å². The normalized spacial score (nSPS) is 11.3. The van der Waals surface area contributed by atoms with Gasteiger partial charge in [-0.15, -0.1) is 0 Å². The number of aryl methyl sites for hydroxylation is 1. The molecule has 146 valence electrons. The summed E-state index contributed by atoms with van der Waals surface area (Å²) in [5.41, 5.74) is 7.40. The number of rotatable bonds is 7. The van der Waals surface area contributed by atoms with E-state index in [0.29, 0.717) is 28.8 Å². The second-order valence-corrected chi connectivity index (χ2v) is 6.93. The van der Waals surface area contributed by atoms with Crippen LogP contribution in [-0.2, 0) is 9.53 Å². The first kappa shape index (κ1) is 20.5. The van der Waals surface area contributed by atoms with Gasteiger partial charge in [0.05, 0.1) is 34.4 Å². The van der Waals surface area contributed by atoms with E-state index in [4.69, 9.17) is 15.2 Å². The van der Waals surface area contributed by atoms with Crippen LogP contribution < -0.4 is 15.8 Å². The maximum atomic E-state index is 12.3. The molecule has 0 aliphatic rings. The lowest BCUT2D eigenvalue weighted by molar-refractivity contribution is -0.122. The number of nitrogen functional groups attached to an aromatic ring is 1. The van der Waals surface area contributed by atoms with Crippen LogP contribution in [0.25, 0.3) is 10.9 Å². The van der Waals surface area contributed by atoms with Crippen molar-refractivity contribution in [1.29, 1.82) is 0 Å². The highest BCUT2D eigenvalue weighted by atomic mass is 16.5. The van der Waals surface area contributed by atoms with Crippen molar-refractivity contribution in [3.05, 3.63) is 29.5 Å². The van der Waals surface area contributed by atoms with Crippen LogP contribution in [-0.4, -0.2) is 35.6 Å². The Morgan fingerprint density at radius 1 is 1.26 bits per heavy atom. The third kappa shape index (κ3) is 4.67. The molecule has 1 amide bonds. The summed E-state index contributed by atoms with van der Waals surface area (Å²) < 4.78 is 11.1. The van der Waals surface area contributed by atoms with E-state index in [0.717, 1.165) is 0 Å². The highest BCUT2D eigenvalue weighted by molar-refractivity contribution is 6.07. The van der Waals surface area contributed by atoms with Crippen molar-refractivity contribution >= 4 is 28.5 Å². The van der Waals surface area contributed by atoms with Crippen molar-refractivity contribution in [2.45, 2.75) is 46.6 Å². The summed E-state index contributed by atoms with van der Waals surface area (Å²) in [5.74, 6) is -0.0583. The van der Waals surface area contributed by atoms with Crippen molar-refractivity contribution < 1.29 is 19.1 Å². The molecule has 7 nitrogen and oxygen atoms in total. The molecule has 1 heterocycles. The minimum absolute atomic E-state index is 0.0528. The van der Waals surface area contributed by atoms with Crippen LogP contribution in [0.4, 0.5) is 5.69 Å². The molecule has 0 unspecified atom stereocenters. The van der Waals surface area contributed by atoms with E-state index >= 15 is 0 Å². The summed E-state index contributed by atoms with van der Waals surface area (Å²) in [6.07, 6.45) is 0.400. The molecule has 1 aromatic carbocycles. The molecule has 0 atom stereocenters. The number of benzene rings is 1. The van der Waals surface area contributed by atoms with Gasteiger partial charge in [-0.3, -0.25) is 9.78 Å². The van der Waals surface area contributed by atoms with Crippen LogP contribution in [0.2, 0.25) is 0 Å². The molecule has 0 bridgehead atoms. The molecule has 0 saturated heterocycles. The Balaban J connectivity index is 2.41. The van der Waals surface area contributed by atoms with Gasteiger partial charge in [-0.25, -0.2) is 4.79 Å². The van der Waals surface area contributed by atoms with Crippen LogP contribution in [0, 0.1) is 6.92 Å². The maximum absolute atomic E-state index is 12.3.